The van der Waals surface area contributed by atoms with Crippen molar-refractivity contribution in [2.24, 2.45) is 5.73 Å². The summed E-state index contributed by atoms with van der Waals surface area (Å²) in [6.07, 6.45) is -4.58. The van der Waals surface area contributed by atoms with Crippen molar-refractivity contribution in [3.63, 3.8) is 0 Å². The number of hydrogen-bond acceptors (Lipinski definition) is 4. The van der Waals surface area contributed by atoms with Gasteiger partial charge in [-0.1, -0.05) is 36.0 Å². The molecule has 28 heavy (non-hydrogen) atoms. The molecule has 1 amide bonds. The van der Waals surface area contributed by atoms with E-state index in [1.807, 2.05) is 0 Å². The number of benzene rings is 2. The molecule has 0 radical (unpaired) electrons. The Balaban J connectivity index is 0.00000280. The van der Waals surface area contributed by atoms with E-state index in [4.69, 9.17) is 11.1 Å². The Kier molecular flexibility index (Phi) is 6.56. The first-order valence-electron chi connectivity index (χ1n) is 7.79. The molecular formula is C18H15BrF3N3O2S. The molecule has 0 atom stereocenters. The lowest BCUT2D eigenvalue weighted by atomic mass is 10.1. The molecule has 3 rings (SSSR count). The molecule has 1 aliphatic heterocycles. The third kappa shape index (κ3) is 4.56. The number of nitrogens with one attached hydrogen (secondary N) is 1. The SMILES string of the molecule is Br.N=C(N)SCc1ccc(CN2C(=O)C(=O)c3cc(C(F)(F)F)ccc32)cc1. The van der Waals surface area contributed by atoms with E-state index in [-0.39, 0.29) is 39.9 Å². The molecule has 0 spiro atoms. The quantitative estimate of drug-likeness (QED) is 0.396. The summed E-state index contributed by atoms with van der Waals surface area (Å²) in [5.41, 5.74) is 5.92. The summed E-state index contributed by atoms with van der Waals surface area (Å²) in [6, 6.07) is 9.87. The molecule has 0 saturated carbocycles. The van der Waals surface area contributed by atoms with Crippen molar-refractivity contribution >= 4 is 51.3 Å². The molecule has 148 valence electrons. The summed E-state index contributed by atoms with van der Waals surface area (Å²) in [5.74, 6) is -1.26. The predicted molar refractivity (Wildman–Crippen MR) is 107 cm³/mol. The molecule has 0 fully saturated rings. The molecule has 1 aliphatic rings. The zero-order valence-electron chi connectivity index (χ0n) is 14.2. The molecule has 0 saturated heterocycles. The Morgan fingerprint density at radius 3 is 2.25 bits per heavy atom. The number of rotatable bonds is 4. The Bertz CT molecular complexity index is 933. The van der Waals surface area contributed by atoms with Gasteiger partial charge in [0.2, 0.25) is 0 Å². The molecule has 1 heterocycles. The summed E-state index contributed by atoms with van der Waals surface area (Å²) in [7, 11) is 0. The van der Waals surface area contributed by atoms with E-state index in [0.29, 0.717) is 5.75 Å². The summed E-state index contributed by atoms with van der Waals surface area (Å²) in [4.78, 5) is 25.5. The zero-order chi connectivity index (χ0) is 19.8. The lowest BCUT2D eigenvalue weighted by Gasteiger charge is -2.17. The van der Waals surface area contributed by atoms with Gasteiger partial charge in [-0.2, -0.15) is 13.2 Å². The maximum atomic E-state index is 12.8. The normalized spacial score (nSPS) is 13.3. The lowest BCUT2D eigenvalue weighted by molar-refractivity contribution is -0.137. The van der Waals surface area contributed by atoms with E-state index in [1.54, 1.807) is 24.3 Å². The van der Waals surface area contributed by atoms with Crippen molar-refractivity contribution in [1.82, 2.24) is 0 Å². The first kappa shape index (κ1) is 22.0. The number of carbonyl (C=O) groups is 2. The second-order valence-electron chi connectivity index (χ2n) is 5.92. The summed E-state index contributed by atoms with van der Waals surface area (Å²) in [6.45, 7) is 0.0725. The van der Waals surface area contributed by atoms with Crippen LogP contribution in [0, 0.1) is 5.41 Å². The fraction of sp³-hybridized carbons (Fsp3) is 0.167. The fourth-order valence-corrected chi connectivity index (χ4v) is 3.23. The van der Waals surface area contributed by atoms with Crippen LogP contribution in [0.25, 0.3) is 0 Å². The minimum absolute atomic E-state index is 0. The van der Waals surface area contributed by atoms with Gasteiger partial charge in [0.1, 0.15) is 0 Å². The number of alkyl halides is 3. The summed E-state index contributed by atoms with van der Waals surface area (Å²) < 4.78 is 38.5. The van der Waals surface area contributed by atoms with Crippen LogP contribution in [-0.4, -0.2) is 16.9 Å². The van der Waals surface area contributed by atoms with E-state index in [1.165, 1.54) is 16.7 Å². The summed E-state index contributed by atoms with van der Waals surface area (Å²) >= 11 is 1.18. The number of amides is 1. The van der Waals surface area contributed by atoms with Crippen LogP contribution in [0.4, 0.5) is 18.9 Å². The van der Waals surface area contributed by atoms with E-state index in [2.05, 4.69) is 0 Å². The molecule has 3 N–H and O–H groups in total. The van der Waals surface area contributed by atoms with Crippen LogP contribution < -0.4 is 10.6 Å². The predicted octanol–water partition coefficient (Wildman–Crippen LogP) is 4.14. The minimum Gasteiger partial charge on any atom is -0.379 e. The van der Waals surface area contributed by atoms with Crippen LogP contribution in [0.2, 0.25) is 0 Å². The number of hydrogen-bond donors (Lipinski definition) is 2. The standard InChI is InChI=1S/C18H14F3N3O2S.BrH/c19-18(20,21)12-5-6-14-13(7-12)15(25)16(26)24(14)8-10-1-3-11(4-2-10)9-27-17(22)23;/h1-7H,8-9H2,(H3,22,23);1H. The number of ketones is 1. The van der Waals surface area contributed by atoms with Gasteiger partial charge in [0.25, 0.3) is 11.7 Å². The van der Waals surface area contributed by atoms with Gasteiger partial charge in [0, 0.05) is 5.75 Å². The van der Waals surface area contributed by atoms with Gasteiger partial charge in [-0.05, 0) is 29.3 Å². The molecule has 10 heteroatoms. The van der Waals surface area contributed by atoms with Crippen molar-refractivity contribution in [2.75, 3.05) is 4.90 Å². The van der Waals surface area contributed by atoms with Crippen LogP contribution in [0.15, 0.2) is 42.5 Å². The van der Waals surface area contributed by atoms with Crippen LogP contribution >= 0.6 is 28.7 Å². The van der Waals surface area contributed by atoms with Gasteiger partial charge < -0.3 is 10.6 Å². The Hall–Kier alpha value is -2.33. The second-order valence-corrected chi connectivity index (χ2v) is 6.94. The number of anilines is 1. The van der Waals surface area contributed by atoms with Crippen molar-refractivity contribution < 1.29 is 22.8 Å². The van der Waals surface area contributed by atoms with E-state index in [9.17, 15) is 22.8 Å². The molecule has 0 aliphatic carbocycles. The third-order valence-corrected chi connectivity index (χ3v) is 4.85. The number of carbonyl (C=O) groups excluding carboxylic acids is 2. The molecule has 0 bridgehead atoms. The number of nitrogens with zero attached hydrogens (tertiary/aromatic N) is 1. The number of fused-ring (bicyclic) bond motifs is 1. The second kappa shape index (κ2) is 8.36. The van der Waals surface area contributed by atoms with Gasteiger partial charge >= 0.3 is 6.18 Å². The Morgan fingerprint density at radius 2 is 1.68 bits per heavy atom. The monoisotopic (exact) mass is 473 g/mol. The fourth-order valence-electron chi connectivity index (χ4n) is 2.72. The maximum Gasteiger partial charge on any atom is 0.416 e. The zero-order valence-corrected chi connectivity index (χ0v) is 16.8. The smallest absolute Gasteiger partial charge is 0.379 e. The molecule has 2 aromatic carbocycles. The van der Waals surface area contributed by atoms with Gasteiger partial charge in [0.15, 0.2) is 5.17 Å². The number of amidine groups is 1. The lowest BCUT2D eigenvalue weighted by Crippen LogP contribution is -2.29. The minimum atomic E-state index is -4.58. The van der Waals surface area contributed by atoms with Crippen LogP contribution in [0.1, 0.15) is 27.0 Å². The maximum absolute atomic E-state index is 12.8. The van der Waals surface area contributed by atoms with E-state index in [0.717, 1.165) is 29.3 Å². The van der Waals surface area contributed by atoms with Gasteiger partial charge in [-0.3, -0.25) is 15.0 Å². The average molecular weight is 474 g/mol. The van der Waals surface area contributed by atoms with Crippen LogP contribution in [0.3, 0.4) is 0 Å². The Morgan fingerprint density at radius 1 is 1.07 bits per heavy atom. The van der Waals surface area contributed by atoms with E-state index >= 15 is 0 Å². The number of halogens is 4. The number of nitrogens with two attached hydrogens (primary N) is 1. The van der Waals surface area contributed by atoms with Crippen LogP contribution in [0.5, 0.6) is 0 Å². The first-order chi connectivity index (χ1) is 12.7. The van der Waals surface area contributed by atoms with E-state index < -0.39 is 23.4 Å². The molecular weight excluding hydrogens is 459 g/mol. The number of Topliss-reactive ketones (excluding diaryl/α,β-unsaturated/α-hetero) is 1. The molecule has 5 nitrogen and oxygen atoms in total. The summed E-state index contributed by atoms with van der Waals surface area (Å²) in [5, 5.41) is 7.20. The number of thioether (sulfide) groups is 1. The first-order valence-corrected chi connectivity index (χ1v) is 8.77. The molecule has 0 aromatic heterocycles. The topological polar surface area (TPSA) is 87.2 Å². The van der Waals surface area contributed by atoms with Gasteiger partial charge in [0.05, 0.1) is 23.4 Å². The highest BCUT2D eigenvalue weighted by Gasteiger charge is 2.39. The highest BCUT2D eigenvalue weighted by Crippen LogP contribution is 2.36. The highest BCUT2D eigenvalue weighted by molar-refractivity contribution is 8.93. The Labute approximate surface area is 173 Å². The largest absolute Gasteiger partial charge is 0.416 e. The van der Waals surface area contributed by atoms with Crippen molar-refractivity contribution in [3.8, 4) is 0 Å². The molecule has 2 aromatic rings. The van der Waals surface area contributed by atoms with Crippen molar-refractivity contribution in [2.45, 2.75) is 18.5 Å². The van der Waals surface area contributed by atoms with Gasteiger partial charge in [-0.15, -0.1) is 17.0 Å². The third-order valence-electron chi connectivity index (χ3n) is 4.06. The average Bonchev–Trinajstić information content (AvgIpc) is 2.85. The van der Waals surface area contributed by atoms with Crippen molar-refractivity contribution in [1.29, 1.82) is 5.41 Å². The van der Waals surface area contributed by atoms with Crippen LogP contribution in [-0.2, 0) is 23.3 Å². The molecule has 0 unspecified atom stereocenters. The highest BCUT2D eigenvalue weighted by atomic mass is 79.9. The van der Waals surface area contributed by atoms with Crippen molar-refractivity contribution in [3.05, 3.63) is 64.7 Å². The van der Waals surface area contributed by atoms with Gasteiger partial charge in [-0.25, -0.2) is 0 Å².